The number of alkyl carbamates (subject to hydrolysis) is 1. The van der Waals surface area contributed by atoms with Crippen molar-refractivity contribution in [2.45, 2.75) is 179 Å². The van der Waals surface area contributed by atoms with Crippen LogP contribution in [0.2, 0.25) is 0 Å². The topological polar surface area (TPSA) is 385 Å². The number of esters is 7. The molecule has 0 aromatic heterocycles. The van der Waals surface area contributed by atoms with Gasteiger partial charge in [-0.1, -0.05) is 48.5 Å². The fourth-order valence-electron chi connectivity index (χ4n) is 11.2. The first-order valence-electron chi connectivity index (χ1n) is 29.4. The molecule has 96 heavy (non-hydrogen) atoms. The van der Waals surface area contributed by atoms with Gasteiger partial charge in [-0.05, 0) is 29.2 Å². The zero-order valence-electron chi connectivity index (χ0n) is 52.9. The predicted molar refractivity (Wildman–Crippen MR) is 306 cm³/mol. The van der Waals surface area contributed by atoms with Crippen molar-refractivity contribution in [2.75, 3.05) is 26.4 Å². The number of halogens is 5. The zero-order valence-corrected chi connectivity index (χ0v) is 52.9. The average molecular weight is 1370 g/mol. The number of rotatable bonds is 24. The van der Waals surface area contributed by atoms with Crippen molar-refractivity contribution >= 4 is 65.6 Å². The standard InChI is InChI=1S/C61H69F5N4O26/c1-23(46(57(81)95-53-44(65)42(63)41(62)43(64)45(53)66)70-61(82)86-19-37-35-17-13-11-15-33(35)34-16-12-14-18-36(34)37)87-59-47(67-24(2)71)54(96-60-49(69-26(4)73)56(91-32(10)79)52(89-30(8)77)40(94-60)22-84-28(6)75)50(80)38(92-59)20-85-58-48(68-25(3)72)55(90-31(9)78)51(88-29(7)76)39(93-58)21-83-27(5)74/h11-18,23,37-40,46-52,54-56,58-60,80H,19-22H2,1-10H3,(H,67,71)(H,68,72)(H,69,73)(H,70,82)/t23-,38-,39-,40-,46+,47-,48-,49-,50+,51-,52-,54-,55-,56-,58-,59+,60+/m1/s1. The molecule has 7 rings (SSSR count). The van der Waals surface area contributed by atoms with Gasteiger partial charge >= 0.3 is 47.9 Å². The highest BCUT2D eigenvalue weighted by Gasteiger charge is 2.57. The lowest BCUT2D eigenvalue weighted by atomic mass is 9.93. The highest BCUT2D eigenvalue weighted by atomic mass is 19.2. The van der Waals surface area contributed by atoms with Gasteiger partial charge in [0.05, 0.1) is 12.7 Å². The Bertz CT molecular complexity index is 3360. The van der Waals surface area contributed by atoms with Crippen molar-refractivity contribution in [3.63, 3.8) is 0 Å². The molecule has 3 aromatic rings. The Labute approximate surface area is 542 Å². The number of ether oxygens (including phenoxy) is 14. The van der Waals surface area contributed by atoms with Gasteiger partial charge in [0.1, 0.15) is 68.5 Å². The van der Waals surface area contributed by atoms with Crippen molar-refractivity contribution in [1.29, 1.82) is 0 Å². The zero-order chi connectivity index (χ0) is 70.7. The highest BCUT2D eigenvalue weighted by molar-refractivity contribution is 5.84. The van der Waals surface area contributed by atoms with Crippen molar-refractivity contribution in [3.05, 3.63) is 88.7 Å². The Morgan fingerprint density at radius 3 is 1.33 bits per heavy atom. The van der Waals surface area contributed by atoms with Crippen LogP contribution in [0.4, 0.5) is 26.7 Å². The van der Waals surface area contributed by atoms with Gasteiger partial charge in [-0.2, -0.15) is 8.78 Å². The Kier molecular flexibility index (Phi) is 25.3. The molecule has 35 heteroatoms. The Hall–Kier alpha value is -9.00. The molecule has 3 heterocycles. The van der Waals surface area contributed by atoms with Gasteiger partial charge in [0.2, 0.25) is 52.6 Å². The van der Waals surface area contributed by atoms with Gasteiger partial charge < -0.3 is 92.7 Å². The van der Waals surface area contributed by atoms with E-state index in [1.165, 1.54) is 0 Å². The van der Waals surface area contributed by atoms with Crippen LogP contribution in [0.15, 0.2) is 48.5 Å². The molecule has 0 saturated carbocycles. The smallest absolute Gasteiger partial charge is 0.407 e. The van der Waals surface area contributed by atoms with Crippen LogP contribution in [0.25, 0.3) is 11.1 Å². The lowest BCUT2D eigenvalue weighted by molar-refractivity contribution is -0.340. The minimum atomic E-state index is -2.64. The second-order valence-corrected chi connectivity index (χ2v) is 22.2. The normalized spacial score (nSPS) is 26.5. The van der Waals surface area contributed by atoms with Crippen molar-refractivity contribution in [1.82, 2.24) is 21.3 Å². The average Bonchev–Trinajstić information content (AvgIpc) is 1.60. The summed E-state index contributed by atoms with van der Waals surface area (Å²) in [5, 5.41) is 22.2. The van der Waals surface area contributed by atoms with Crippen LogP contribution in [0.1, 0.15) is 86.3 Å². The third kappa shape index (κ3) is 18.3. The molecule has 30 nitrogen and oxygen atoms in total. The molecule has 3 saturated heterocycles. The maximum absolute atomic E-state index is 15.3. The second kappa shape index (κ2) is 32.6. The first-order valence-corrected chi connectivity index (χ1v) is 29.4. The number of fused-ring (bicyclic) bond motifs is 3. The highest BCUT2D eigenvalue weighted by Crippen LogP contribution is 2.45. The Morgan fingerprint density at radius 1 is 0.479 bits per heavy atom. The molecular weight excluding hydrogens is 1300 g/mol. The number of benzene rings is 3. The van der Waals surface area contributed by atoms with Crippen LogP contribution in [-0.2, 0) is 110 Å². The molecule has 17 atom stereocenters. The van der Waals surface area contributed by atoms with E-state index in [1.807, 2.05) is 12.1 Å². The minimum absolute atomic E-state index is 0.460. The van der Waals surface area contributed by atoms with Crippen molar-refractivity contribution < 1.29 is 146 Å². The summed E-state index contributed by atoms with van der Waals surface area (Å²) in [7, 11) is 0. The lowest BCUT2D eigenvalue weighted by Gasteiger charge is -2.50. The van der Waals surface area contributed by atoms with Gasteiger partial charge in [0.25, 0.3) is 0 Å². The largest absolute Gasteiger partial charge is 0.463 e. The third-order valence-corrected chi connectivity index (χ3v) is 15.0. The van der Waals surface area contributed by atoms with Gasteiger partial charge in [-0.3, -0.25) is 43.2 Å². The molecule has 4 aliphatic rings. The monoisotopic (exact) mass is 1370 g/mol. The summed E-state index contributed by atoms with van der Waals surface area (Å²) < 4.78 is 155. The van der Waals surface area contributed by atoms with E-state index in [1.54, 1.807) is 36.4 Å². The first kappa shape index (κ1) is 74.4. The fraction of sp³-hybridized carbons (Fsp3) is 0.525. The fourth-order valence-corrected chi connectivity index (χ4v) is 11.2. The van der Waals surface area contributed by atoms with E-state index < -0.39 is 237 Å². The molecule has 5 N–H and O–H groups in total. The number of amides is 4. The van der Waals surface area contributed by atoms with E-state index in [4.69, 9.17) is 66.3 Å². The maximum atomic E-state index is 15.3. The summed E-state index contributed by atoms with van der Waals surface area (Å²) in [5.74, 6) is -26.4. The Morgan fingerprint density at radius 2 is 0.885 bits per heavy atom. The molecule has 0 bridgehead atoms. The minimum Gasteiger partial charge on any atom is -0.463 e. The van der Waals surface area contributed by atoms with E-state index in [9.17, 15) is 71.0 Å². The molecule has 3 aliphatic heterocycles. The third-order valence-electron chi connectivity index (χ3n) is 15.0. The molecule has 0 radical (unpaired) electrons. The summed E-state index contributed by atoms with van der Waals surface area (Å²) in [6.45, 7) is 6.62. The first-order chi connectivity index (χ1) is 45.3. The van der Waals surface area contributed by atoms with Crippen LogP contribution in [-0.4, -0.2) is 201 Å². The molecule has 0 spiro atoms. The molecule has 4 amide bonds. The summed E-state index contributed by atoms with van der Waals surface area (Å²) in [6.07, 6.45) is -26.6. The number of hydrogen-bond donors (Lipinski definition) is 5. The summed E-state index contributed by atoms with van der Waals surface area (Å²) >= 11 is 0. The van der Waals surface area contributed by atoms with E-state index in [-0.39, 0.29) is 0 Å². The molecular formula is C61H69F5N4O26. The van der Waals surface area contributed by atoms with Gasteiger partial charge in [-0.25, -0.2) is 22.8 Å². The number of carbonyl (C=O) groups is 11. The Balaban J connectivity index is 1.34. The second-order valence-electron chi connectivity index (χ2n) is 22.2. The summed E-state index contributed by atoms with van der Waals surface area (Å²) in [5.41, 5.74) is 2.97. The summed E-state index contributed by atoms with van der Waals surface area (Å²) in [6, 6.07) is 6.10. The van der Waals surface area contributed by atoms with Crippen LogP contribution in [0, 0.1) is 29.1 Å². The number of aliphatic hydroxyl groups is 1. The number of aliphatic hydroxyl groups excluding tert-OH is 1. The van der Waals surface area contributed by atoms with Crippen LogP contribution < -0.4 is 26.0 Å². The predicted octanol–water partition coefficient (Wildman–Crippen LogP) is 1.90. The molecule has 3 aromatic carbocycles. The van der Waals surface area contributed by atoms with Crippen LogP contribution in [0.3, 0.4) is 0 Å². The molecule has 3 fully saturated rings. The van der Waals surface area contributed by atoms with Gasteiger partial charge in [-0.15, -0.1) is 0 Å². The molecule has 1 aliphatic carbocycles. The van der Waals surface area contributed by atoms with E-state index in [0.29, 0.717) is 11.1 Å². The SMILES string of the molecule is CC(=O)N[C@H]1[C@H](OC[C@H]2O[C@H](O[C@H](C)[C@H](NC(=O)OCC3c4ccccc4-c4ccccc43)C(=O)Oc3c(F)c(F)c(F)c(F)c3F)[C@H](NC(C)=O)[C@@H](O[C@@H]3O[C@H](COC(C)=O)[C@@H](OC(C)=O)[C@H](OC(C)=O)[C@H]3NC(C)=O)[C@H]2O)O[C@H](COC(C)=O)[C@@H](OC(C)=O)[C@@H]1OC(C)=O. The lowest BCUT2D eigenvalue weighted by Crippen LogP contribution is -2.71. The number of nitrogens with one attached hydrogen (secondary N) is 4. The van der Waals surface area contributed by atoms with Crippen molar-refractivity contribution in [3.8, 4) is 16.9 Å². The quantitative estimate of drug-likeness (QED) is 0.0213. The van der Waals surface area contributed by atoms with Gasteiger partial charge in [0, 0.05) is 68.2 Å². The number of hydrogen-bond acceptors (Lipinski definition) is 26. The van der Waals surface area contributed by atoms with E-state index in [2.05, 4.69) is 21.3 Å². The molecule has 0 unspecified atom stereocenters. The molecule has 524 valence electrons. The van der Waals surface area contributed by atoms with E-state index in [0.717, 1.165) is 80.4 Å². The van der Waals surface area contributed by atoms with Crippen LogP contribution in [0.5, 0.6) is 5.75 Å². The van der Waals surface area contributed by atoms with Gasteiger partial charge in [0.15, 0.2) is 49.3 Å². The maximum Gasteiger partial charge on any atom is 0.407 e. The summed E-state index contributed by atoms with van der Waals surface area (Å²) in [4.78, 5) is 143. The number of carbonyl (C=O) groups excluding carboxylic acids is 11. The van der Waals surface area contributed by atoms with Crippen LogP contribution >= 0.6 is 0 Å². The van der Waals surface area contributed by atoms with E-state index >= 15 is 8.78 Å². The van der Waals surface area contributed by atoms with Crippen molar-refractivity contribution in [2.24, 2.45) is 0 Å².